The van der Waals surface area contributed by atoms with Gasteiger partial charge in [0.25, 0.3) is 0 Å². The van der Waals surface area contributed by atoms with Crippen LogP contribution in [0.5, 0.6) is 11.5 Å². The Morgan fingerprint density at radius 3 is 1.29 bits per heavy atom. The maximum absolute atomic E-state index is 12.7. The number of aromatic hydroxyl groups is 2. The molecular weight excluding hydrogens is 717 g/mol. The highest BCUT2D eigenvalue weighted by Gasteiger charge is 2.16. The van der Waals surface area contributed by atoms with Crippen molar-refractivity contribution in [2.75, 3.05) is 37.1 Å². The zero-order valence-corrected chi connectivity index (χ0v) is 30.7. The predicted octanol–water partition coefficient (Wildman–Crippen LogP) is 10.1. The Kier molecular flexibility index (Phi) is 13.8. The number of hydrogen-bond acceptors (Lipinski definition) is 9. The van der Waals surface area contributed by atoms with Crippen LogP contribution in [0.25, 0.3) is 22.3 Å². The van der Waals surface area contributed by atoms with Gasteiger partial charge in [-0.05, 0) is 94.0 Å². The van der Waals surface area contributed by atoms with Gasteiger partial charge in [0.2, 0.25) is 0 Å². The second-order valence-corrected chi connectivity index (χ2v) is 13.3. The fraction of sp³-hybridized carbons (Fsp3) is 0.136. The fourth-order valence-corrected chi connectivity index (χ4v) is 6.55. The molecule has 0 saturated heterocycles. The van der Waals surface area contributed by atoms with Crippen LogP contribution in [0.3, 0.4) is 0 Å². The van der Waals surface area contributed by atoms with E-state index in [0.717, 1.165) is 43.2 Å². The number of ether oxygens (including phenoxy) is 4. The molecule has 10 nitrogen and oxygen atoms in total. The summed E-state index contributed by atoms with van der Waals surface area (Å²) in [5.41, 5.74) is 6.32. The number of phenols is 2. The summed E-state index contributed by atoms with van der Waals surface area (Å²) in [5.74, 6) is 0.252. The number of rotatable bonds is 16. The highest BCUT2D eigenvalue weighted by Crippen LogP contribution is 2.43. The quantitative estimate of drug-likeness (QED) is 0.0712. The lowest BCUT2D eigenvalue weighted by molar-refractivity contribution is 0.0695. The number of anilines is 2. The first kappa shape index (κ1) is 38.5. The lowest BCUT2D eigenvalue weighted by Crippen LogP contribution is -2.17. The van der Waals surface area contributed by atoms with Crippen LogP contribution in [0.15, 0.2) is 155 Å². The standard InChI is InChI=1S/C44H40N2O8S/c47-37-17-11-33(12-18-37)39-27-35(45-43(49)53-25-23-51-29-31-7-3-1-4-8-31)15-21-41(39)55-42-22-16-36(28-40(42)34-13-19-38(48)20-14-34)46-44(50)54-26-24-52-30-32-9-5-2-6-10-32/h1-22,27-28,47-48H,23-26,29-30H2,(H,45,49)(H,46,50). The molecule has 0 fully saturated rings. The van der Waals surface area contributed by atoms with Gasteiger partial charge in [0, 0.05) is 21.2 Å². The van der Waals surface area contributed by atoms with E-state index in [-0.39, 0.29) is 37.9 Å². The molecule has 0 aliphatic heterocycles. The number of hydrogen-bond donors (Lipinski definition) is 4. The Hall–Kier alpha value is -6.27. The van der Waals surface area contributed by atoms with Crippen LogP contribution in [0, 0.1) is 0 Å². The van der Waals surface area contributed by atoms with Gasteiger partial charge in [-0.1, -0.05) is 96.7 Å². The summed E-state index contributed by atoms with van der Waals surface area (Å²) in [4.78, 5) is 27.1. The molecule has 55 heavy (non-hydrogen) atoms. The lowest BCUT2D eigenvalue weighted by Gasteiger charge is -2.16. The topological polar surface area (TPSA) is 136 Å². The van der Waals surface area contributed by atoms with Crippen LogP contribution >= 0.6 is 11.8 Å². The van der Waals surface area contributed by atoms with Crippen molar-refractivity contribution < 1.29 is 38.7 Å². The third kappa shape index (κ3) is 11.9. The fourth-order valence-electron chi connectivity index (χ4n) is 5.47. The monoisotopic (exact) mass is 756 g/mol. The minimum atomic E-state index is -0.615. The molecule has 0 unspecified atom stereocenters. The number of benzene rings is 6. The van der Waals surface area contributed by atoms with Crippen molar-refractivity contribution >= 4 is 35.3 Å². The highest BCUT2D eigenvalue weighted by molar-refractivity contribution is 7.99. The zero-order chi connectivity index (χ0) is 38.2. The van der Waals surface area contributed by atoms with E-state index in [4.69, 9.17) is 18.9 Å². The van der Waals surface area contributed by atoms with Crippen molar-refractivity contribution in [2.45, 2.75) is 23.0 Å². The maximum atomic E-state index is 12.7. The number of carbonyl (C=O) groups excluding carboxylic acids is 2. The van der Waals surface area contributed by atoms with Gasteiger partial charge >= 0.3 is 12.2 Å². The number of amides is 2. The van der Waals surface area contributed by atoms with Crippen molar-refractivity contribution in [3.8, 4) is 33.8 Å². The van der Waals surface area contributed by atoms with Crippen LogP contribution in [0.4, 0.5) is 21.0 Å². The molecule has 0 spiro atoms. The predicted molar refractivity (Wildman–Crippen MR) is 213 cm³/mol. The molecular formula is C44H40N2O8S. The highest BCUT2D eigenvalue weighted by atomic mass is 32.2. The summed E-state index contributed by atoms with van der Waals surface area (Å²) in [7, 11) is 0. The van der Waals surface area contributed by atoms with Gasteiger partial charge in [0.1, 0.15) is 24.7 Å². The Morgan fingerprint density at radius 2 is 0.891 bits per heavy atom. The first-order chi connectivity index (χ1) is 26.9. The minimum Gasteiger partial charge on any atom is -0.508 e. The summed E-state index contributed by atoms with van der Waals surface area (Å²) in [6, 6.07) is 44.2. The maximum Gasteiger partial charge on any atom is 0.411 e. The van der Waals surface area contributed by atoms with E-state index in [1.807, 2.05) is 84.9 Å². The molecule has 6 aromatic rings. The third-order valence-electron chi connectivity index (χ3n) is 8.17. The van der Waals surface area contributed by atoms with E-state index in [9.17, 15) is 19.8 Å². The van der Waals surface area contributed by atoms with E-state index in [2.05, 4.69) is 10.6 Å². The Labute approximate surface area is 323 Å². The lowest BCUT2D eigenvalue weighted by atomic mass is 10.0. The van der Waals surface area contributed by atoms with Gasteiger partial charge in [0.05, 0.1) is 26.4 Å². The van der Waals surface area contributed by atoms with Crippen LogP contribution in [-0.4, -0.2) is 48.8 Å². The van der Waals surface area contributed by atoms with E-state index in [1.54, 1.807) is 60.7 Å². The Morgan fingerprint density at radius 1 is 0.491 bits per heavy atom. The van der Waals surface area contributed by atoms with E-state index in [0.29, 0.717) is 24.6 Å². The molecule has 6 rings (SSSR count). The Balaban J connectivity index is 1.14. The van der Waals surface area contributed by atoms with Gasteiger partial charge in [-0.15, -0.1) is 0 Å². The molecule has 0 aliphatic rings. The van der Waals surface area contributed by atoms with Gasteiger partial charge in [-0.2, -0.15) is 0 Å². The van der Waals surface area contributed by atoms with Crippen LogP contribution in [0.2, 0.25) is 0 Å². The molecule has 0 bridgehead atoms. The van der Waals surface area contributed by atoms with Crippen molar-refractivity contribution in [3.05, 3.63) is 157 Å². The van der Waals surface area contributed by atoms with Crippen LogP contribution in [0.1, 0.15) is 11.1 Å². The summed E-state index contributed by atoms with van der Waals surface area (Å²) < 4.78 is 21.9. The molecule has 0 aliphatic carbocycles. The molecule has 2 amide bonds. The molecule has 11 heteroatoms. The molecule has 0 radical (unpaired) electrons. The first-order valence-corrected chi connectivity index (χ1v) is 18.4. The first-order valence-electron chi connectivity index (χ1n) is 17.6. The van der Waals surface area contributed by atoms with Gasteiger partial charge in [-0.3, -0.25) is 10.6 Å². The smallest absolute Gasteiger partial charge is 0.411 e. The molecule has 0 aromatic heterocycles. The van der Waals surface area contributed by atoms with Crippen LogP contribution < -0.4 is 10.6 Å². The number of carbonyl (C=O) groups is 2. The Bertz CT molecular complexity index is 1990. The van der Waals surface area contributed by atoms with E-state index >= 15 is 0 Å². The van der Waals surface area contributed by atoms with Gasteiger partial charge < -0.3 is 29.2 Å². The number of nitrogens with one attached hydrogen (secondary N) is 2. The van der Waals surface area contributed by atoms with Crippen molar-refractivity contribution in [2.24, 2.45) is 0 Å². The minimum absolute atomic E-state index is 0.0865. The summed E-state index contributed by atoms with van der Waals surface area (Å²) in [6.07, 6.45) is -1.23. The van der Waals surface area contributed by atoms with Crippen LogP contribution in [-0.2, 0) is 32.2 Å². The summed E-state index contributed by atoms with van der Waals surface area (Å²) in [6.45, 7) is 1.52. The number of phenolic OH excluding ortho intramolecular Hbond substituents is 2. The third-order valence-corrected chi connectivity index (χ3v) is 9.33. The largest absolute Gasteiger partial charge is 0.508 e. The van der Waals surface area contributed by atoms with Crippen molar-refractivity contribution in [1.29, 1.82) is 0 Å². The second-order valence-electron chi connectivity index (χ2n) is 12.2. The van der Waals surface area contributed by atoms with Gasteiger partial charge in [0.15, 0.2) is 0 Å². The molecule has 0 saturated carbocycles. The average molecular weight is 757 g/mol. The second kappa shape index (κ2) is 19.7. The van der Waals surface area contributed by atoms with Crippen molar-refractivity contribution in [1.82, 2.24) is 0 Å². The van der Waals surface area contributed by atoms with Crippen molar-refractivity contribution in [3.63, 3.8) is 0 Å². The van der Waals surface area contributed by atoms with E-state index in [1.165, 1.54) is 11.8 Å². The molecule has 0 heterocycles. The average Bonchev–Trinajstić information content (AvgIpc) is 3.20. The summed E-state index contributed by atoms with van der Waals surface area (Å²) in [5, 5.41) is 25.6. The molecule has 0 atom stereocenters. The molecule has 6 aromatic carbocycles. The van der Waals surface area contributed by atoms with Gasteiger partial charge in [-0.25, -0.2) is 9.59 Å². The summed E-state index contributed by atoms with van der Waals surface area (Å²) >= 11 is 1.48. The SMILES string of the molecule is O=C(Nc1ccc(Sc2ccc(NC(=O)OCCOCc3ccccc3)cc2-c2ccc(O)cc2)c(-c2ccc(O)cc2)c1)OCCOCc1ccccc1. The normalized spacial score (nSPS) is 10.8. The molecule has 280 valence electrons. The van der Waals surface area contributed by atoms with E-state index < -0.39 is 12.2 Å². The molecule has 4 N–H and O–H groups in total. The zero-order valence-electron chi connectivity index (χ0n) is 29.9.